The number of nitrogens with two attached hydrogens (primary N) is 1. The Bertz CT molecular complexity index is 824. The minimum Gasteiger partial charge on any atom is -0.370 e. The van der Waals surface area contributed by atoms with Gasteiger partial charge in [-0.25, -0.2) is 4.99 Å². The van der Waals surface area contributed by atoms with Gasteiger partial charge in [0.25, 0.3) is 0 Å². The van der Waals surface area contributed by atoms with Crippen molar-refractivity contribution >= 4 is 47.2 Å². The predicted molar refractivity (Wildman–Crippen MR) is 127 cm³/mol. The molecule has 0 heterocycles. The summed E-state index contributed by atoms with van der Waals surface area (Å²) in [5.74, 6) is 0.661. The summed E-state index contributed by atoms with van der Waals surface area (Å²) in [7, 11) is 0. The number of nitrogens with zero attached hydrogens (tertiary/aromatic N) is 1. The Morgan fingerprint density at radius 1 is 1.04 bits per heavy atom. The second kappa shape index (κ2) is 10.5. The Labute approximate surface area is 184 Å². The summed E-state index contributed by atoms with van der Waals surface area (Å²) in [6, 6.07) is 14.0. The number of carbonyl (C=O) groups excluding carboxylic acids is 1. The zero-order chi connectivity index (χ0) is 19.2. The van der Waals surface area contributed by atoms with E-state index in [1.165, 1.54) is 11.1 Å². The van der Waals surface area contributed by atoms with Gasteiger partial charge in [0.1, 0.15) is 0 Å². The molecule has 1 fully saturated rings. The average molecular weight is 492 g/mol. The van der Waals surface area contributed by atoms with Gasteiger partial charge in [-0.05, 0) is 67.6 Å². The Morgan fingerprint density at radius 3 is 2.39 bits per heavy atom. The molecule has 0 aromatic heterocycles. The number of nitrogens with one attached hydrogen (secondary N) is 2. The van der Waals surface area contributed by atoms with E-state index < -0.39 is 0 Å². The highest BCUT2D eigenvalue weighted by Gasteiger charge is 2.22. The van der Waals surface area contributed by atoms with Crippen LogP contribution in [-0.4, -0.2) is 11.9 Å². The maximum Gasteiger partial charge on any atom is 0.227 e. The van der Waals surface area contributed by atoms with Crippen LogP contribution in [0.25, 0.3) is 0 Å². The number of benzene rings is 2. The molecule has 0 aliphatic heterocycles. The molecular formula is C22H29IN4O. The molecule has 150 valence electrons. The van der Waals surface area contributed by atoms with Gasteiger partial charge in [0.05, 0.1) is 6.54 Å². The zero-order valence-corrected chi connectivity index (χ0v) is 18.8. The van der Waals surface area contributed by atoms with Crippen LogP contribution in [0, 0.1) is 19.8 Å². The molecule has 0 saturated heterocycles. The summed E-state index contributed by atoms with van der Waals surface area (Å²) in [4.78, 5) is 16.7. The summed E-state index contributed by atoms with van der Waals surface area (Å²) in [5.41, 5.74) is 11.1. The number of hydrogen-bond donors (Lipinski definition) is 3. The number of amides is 1. The first kappa shape index (κ1) is 22.2. The largest absolute Gasteiger partial charge is 0.370 e. The van der Waals surface area contributed by atoms with Crippen molar-refractivity contribution in [1.82, 2.24) is 0 Å². The van der Waals surface area contributed by atoms with Crippen LogP contribution in [0.5, 0.6) is 0 Å². The van der Waals surface area contributed by atoms with Gasteiger partial charge >= 0.3 is 0 Å². The van der Waals surface area contributed by atoms with E-state index in [-0.39, 0.29) is 35.8 Å². The fourth-order valence-electron chi connectivity index (χ4n) is 3.59. The van der Waals surface area contributed by atoms with Gasteiger partial charge in [0, 0.05) is 17.3 Å². The number of halogens is 1. The van der Waals surface area contributed by atoms with E-state index in [0.717, 1.165) is 42.6 Å². The first-order valence-corrected chi connectivity index (χ1v) is 9.54. The third-order valence-electron chi connectivity index (χ3n) is 4.85. The first-order valence-electron chi connectivity index (χ1n) is 9.54. The first-order chi connectivity index (χ1) is 13.0. The lowest BCUT2D eigenvalue weighted by Crippen LogP contribution is -2.22. The topological polar surface area (TPSA) is 79.5 Å². The number of aliphatic imine (C=N–C) groups is 1. The van der Waals surface area contributed by atoms with Crippen molar-refractivity contribution in [3.05, 3.63) is 59.2 Å². The van der Waals surface area contributed by atoms with Gasteiger partial charge in [0.2, 0.25) is 5.91 Å². The Hall–Kier alpha value is -2.09. The number of guanidine groups is 1. The third kappa shape index (κ3) is 6.51. The molecule has 2 aromatic rings. The Morgan fingerprint density at radius 2 is 1.71 bits per heavy atom. The summed E-state index contributed by atoms with van der Waals surface area (Å²) in [6.45, 7) is 4.56. The summed E-state index contributed by atoms with van der Waals surface area (Å²) in [5, 5.41) is 6.17. The molecule has 0 atom stereocenters. The van der Waals surface area contributed by atoms with Crippen molar-refractivity contribution in [2.75, 3.05) is 10.6 Å². The van der Waals surface area contributed by atoms with Crippen LogP contribution in [-0.2, 0) is 11.3 Å². The van der Waals surface area contributed by atoms with Crippen molar-refractivity contribution < 1.29 is 4.79 Å². The molecule has 1 aliphatic carbocycles. The maximum absolute atomic E-state index is 12.3. The quantitative estimate of drug-likeness (QED) is 0.313. The molecule has 0 radical (unpaired) electrons. The van der Waals surface area contributed by atoms with Crippen molar-refractivity contribution in [2.24, 2.45) is 16.6 Å². The molecule has 5 nitrogen and oxygen atoms in total. The van der Waals surface area contributed by atoms with E-state index in [9.17, 15) is 4.79 Å². The van der Waals surface area contributed by atoms with Gasteiger partial charge in [-0.15, -0.1) is 24.0 Å². The average Bonchev–Trinajstić information content (AvgIpc) is 3.14. The normalized spacial score (nSPS) is 14.4. The minimum absolute atomic E-state index is 0. The van der Waals surface area contributed by atoms with E-state index in [1.54, 1.807) is 0 Å². The molecule has 2 aromatic carbocycles. The van der Waals surface area contributed by atoms with Gasteiger partial charge in [-0.2, -0.15) is 0 Å². The molecular weight excluding hydrogens is 463 g/mol. The smallest absolute Gasteiger partial charge is 0.227 e. The highest BCUT2D eigenvalue weighted by molar-refractivity contribution is 14.0. The molecule has 4 N–H and O–H groups in total. The summed E-state index contributed by atoms with van der Waals surface area (Å²) >= 11 is 0. The summed E-state index contributed by atoms with van der Waals surface area (Å²) < 4.78 is 0. The van der Waals surface area contributed by atoms with Gasteiger partial charge in [-0.3, -0.25) is 4.79 Å². The molecule has 3 rings (SSSR count). The second-order valence-electron chi connectivity index (χ2n) is 7.37. The molecule has 0 spiro atoms. The van der Waals surface area contributed by atoms with E-state index in [0.29, 0.717) is 12.5 Å². The fraction of sp³-hybridized carbons (Fsp3) is 0.364. The highest BCUT2D eigenvalue weighted by Crippen LogP contribution is 2.26. The Kier molecular flexibility index (Phi) is 8.29. The van der Waals surface area contributed by atoms with E-state index >= 15 is 0 Å². The lowest BCUT2D eigenvalue weighted by Gasteiger charge is -2.11. The minimum atomic E-state index is 0. The van der Waals surface area contributed by atoms with Crippen LogP contribution in [0.1, 0.15) is 42.4 Å². The lowest BCUT2D eigenvalue weighted by molar-refractivity contribution is -0.119. The van der Waals surface area contributed by atoms with Crippen molar-refractivity contribution in [3.8, 4) is 0 Å². The number of aryl methyl sites for hydroxylation is 2. The molecule has 1 aliphatic rings. The van der Waals surface area contributed by atoms with Crippen molar-refractivity contribution in [2.45, 2.75) is 46.1 Å². The number of carbonyl (C=O) groups is 1. The zero-order valence-electron chi connectivity index (χ0n) is 16.5. The number of hydrogen-bond acceptors (Lipinski definition) is 2. The standard InChI is InChI=1S/C22H28N4O.HI/c1-15-10-16(2)12-20(11-15)26-22(23)24-14-17-6-5-9-19(13-17)25-21(27)18-7-3-4-8-18;/h5-6,9-13,18H,3-4,7-8,14H2,1-2H3,(H,25,27)(H3,23,24,26);1H. The Balaban J connectivity index is 0.00000280. The number of anilines is 2. The van der Waals surface area contributed by atoms with Crippen LogP contribution >= 0.6 is 24.0 Å². The third-order valence-corrected chi connectivity index (χ3v) is 4.85. The SMILES string of the molecule is Cc1cc(C)cc(NC(N)=NCc2cccc(NC(=O)C3CCCC3)c2)c1.I. The van der Waals surface area contributed by atoms with Crippen molar-refractivity contribution in [3.63, 3.8) is 0 Å². The fourth-order valence-corrected chi connectivity index (χ4v) is 3.59. The van der Waals surface area contributed by atoms with Crippen LogP contribution in [0.4, 0.5) is 11.4 Å². The second-order valence-corrected chi connectivity index (χ2v) is 7.37. The number of rotatable bonds is 5. The summed E-state index contributed by atoms with van der Waals surface area (Å²) in [6.07, 6.45) is 4.30. The van der Waals surface area contributed by atoms with Crippen LogP contribution < -0.4 is 16.4 Å². The van der Waals surface area contributed by atoms with Gasteiger partial charge < -0.3 is 16.4 Å². The molecule has 1 amide bonds. The van der Waals surface area contributed by atoms with Crippen molar-refractivity contribution in [1.29, 1.82) is 0 Å². The van der Waals surface area contributed by atoms with Gasteiger partial charge in [0.15, 0.2) is 5.96 Å². The monoisotopic (exact) mass is 492 g/mol. The molecule has 0 bridgehead atoms. The van der Waals surface area contributed by atoms with Crippen LogP contribution in [0.15, 0.2) is 47.5 Å². The lowest BCUT2D eigenvalue weighted by atomic mass is 10.1. The van der Waals surface area contributed by atoms with Gasteiger partial charge in [-0.1, -0.05) is 31.0 Å². The molecule has 6 heteroatoms. The molecule has 28 heavy (non-hydrogen) atoms. The molecule has 1 saturated carbocycles. The predicted octanol–water partition coefficient (Wildman–Crippen LogP) is 4.98. The van der Waals surface area contributed by atoms with E-state index in [4.69, 9.17) is 5.73 Å². The maximum atomic E-state index is 12.3. The molecule has 0 unspecified atom stereocenters. The van der Waals surface area contributed by atoms with Crippen LogP contribution in [0.2, 0.25) is 0 Å². The van der Waals surface area contributed by atoms with Crippen LogP contribution in [0.3, 0.4) is 0 Å². The van der Waals surface area contributed by atoms with E-state index in [1.807, 2.05) is 36.4 Å². The van der Waals surface area contributed by atoms with E-state index in [2.05, 4.69) is 35.5 Å². The highest BCUT2D eigenvalue weighted by atomic mass is 127.